The third-order valence-corrected chi connectivity index (χ3v) is 3.08. The van der Waals surface area contributed by atoms with Crippen LogP contribution in [-0.4, -0.2) is 22.7 Å². The van der Waals surface area contributed by atoms with Gasteiger partial charge in [-0.15, -0.1) is 0 Å². The van der Waals surface area contributed by atoms with E-state index in [0.29, 0.717) is 11.7 Å². The maximum Gasteiger partial charge on any atom is 0.172 e. The van der Waals surface area contributed by atoms with Gasteiger partial charge in [-0.3, -0.25) is 0 Å². The van der Waals surface area contributed by atoms with E-state index in [9.17, 15) is 0 Å². The number of para-hydroxylation sites is 1. The molecule has 2 aromatic rings. The molecule has 0 aliphatic rings. The molecule has 2 N–H and O–H groups in total. The number of pyridine rings is 1. The lowest BCUT2D eigenvalue weighted by atomic mass is 10.3. The van der Waals surface area contributed by atoms with E-state index in [1.54, 1.807) is 6.20 Å². The molecule has 1 aromatic heterocycles. The largest absolute Gasteiger partial charge is 0.491 e. The van der Waals surface area contributed by atoms with Crippen LogP contribution < -0.4 is 15.4 Å². The lowest BCUT2D eigenvalue weighted by Gasteiger charge is -2.18. The fourth-order valence-corrected chi connectivity index (χ4v) is 2.06. The van der Waals surface area contributed by atoms with Crippen LogP contribution in [0, 0.1) is 6.92 Å². The molecule has 2 rings (SSSR count). The maximum atomic E-state index is 5.68. The van der Waals surface area contributed by atoms with E-state index in [2.05, 4.69) is 15.6 Å². The molecule has 1 heterocycles. The van der Waals surface area contributed by atoms with Crippen LogP contribution in [-0.2, 0) is 0 Å². The Hall–Kier alpha value is -2.14. The molecule has 0 radical (unpaired) electrons. The third kappa shape index (κ3) is 5.04. The predicted octanol–water partition coefficient (Wildman–Crippen LogP) is 3.14. The number of aromatic nitrogens is 1. The average Bonchev–Trinajstić information content (AvgIpc) is 2.48. The molecule has 5 heteroatoms. The Morgan fingerprint density at radius 2 is 2.00 bits per heavy atom. The van der Waals surface area contributed by atoms with Gasteiger partial charge in [0.15, 0.2) is 5.11 Å². The van der Waals surface area contributed by atoms with E-state index >= 15 is 0 Å². The Balaban J connectivity index is 1.78. The normalized spacial score (nSPS) is 11.5. The highest BCUT2D eigenvalue weighted by molar-refractivity contribution is 7.80. The van der Waals surface area contributed by atoms with Gasteiger partial charge in [0, 0.05) is 6.20 Å². The molecule has 1 aromatic carbocycles. The summed E-state index contributed by atoms with van der Waals surface area (Å²) in [6, 6.07) is 13.7. The highest BCUT2D eigenvalue weighted by Gasteiger charge is 2.07. The monoisotopic (exact) mass is 301 g/mol. The van der Waals surface area contributed by atoms with E-state index < -0.39 is 0 Å². The number of rotatable bonds is 5. The van der Waals surface area contributed by atoms with E-state index in [4.69, 9.17) is 17.0 Å². The van der Waals surface area contributed by atoms with Crippen molar-refractivity contribution in [2.75, 3.05) is 11.9 Å². The number of hydrogen-bond acceptors (Lipinski definition) is 3. The van der Waals surface area contributed by atoms with Gasteiger partial charge in [-0.1, -0.05) is 24.3 Å². The highest BCUT2D eigenvalue weighted by atomic mass is 32.1. The lowest BCUT2D eigenvalue weighted by molar-refractivity contribution is 0.287. The minimum atomic E-state index is 0.0919. The van der Waals surface area contributed by atoms with Crippen molar-refractivity contribution in [1.29, 1.82) is 0 Å². The zero-order chi connectivity index (χ0) is 15.1. The fraction of sp³-hybridized carbons (Fsp3) is 0.250. The molecule has 0 aliphatic heterocycles. The van der Waals surface area contributed by atoms with Crippen molar-refractivity contribution >= 4 is 23.1 Å². The van der Waals surface area contributed by atoms with Crippen molar-refractivity contribution in [3.8, 4) is 5.75 Å². The van der Waals surface area contributed by atoms with Gasteiger partial charge in [0.2, 0.25) is 0 Å². The van der Waals surface area contributed by atoms with E-state index in [1.165, 1.54) is 0 Å². The van der Waals surface area contributed by atoms with Crippen LogP contribution in [0.5, 0.6) is 5.75 Å². The number of benzene rings is 1. The molecule has 110 valence electrons. The van der Waals surface area contributed by atoms with Gasteiger partial charge in [0.25, 0.3) is 0 Å². The minimum absolute atomic E-state index is 0.0919. The molecule has 21 heavy (non-hydrogen) atoms. The van der Waals surface area contributed by atoms with Crippen molar-refractivity contribution in [3.05, 3.63) is 54.2 Å². The summed E-state index contributed by atoms with van der Waals surface area (Å²) in [4.78, 5) is 4.25. The third-order valence-electron chi connectivity index (χ3n) is 2.86. The smallest absolute Gasteiger partial charge is 0.172 e. The van der Waals surface area contributed by atoms with Gasteiger partial charge in [-0.05, 0) is 49.8 Å². The fourth-order valence-electron chi connectivity index (χ4n) is 1.76. The molecule has 0 fully saturated rings. The van der Waals surface area contributed by atoms with Crippen LogP contribution >= 0.6 is 12.2 Å². The van der Waals surface area contributed by atoms with Crippen LogP contribution in [0.3, 0.4) is 0 Å². The molecule has 1 unspecified atom stereocenters. The van der Waals surface area contributed by atoms with Gasteiger partial charge in [-0.2, -0.15) is 0 Å². The second-order valence-electron chi connectivity index (χ2n) is 4.79. The summed E-state index contributed by atoms with van der Waals surface area (Å²) in [6.07, 6.45) is 1.74. The second-order valence-corrected chi connectivity index (χ2v) is 5.20. The summed E-state index contributed by atoms with van der Waals surface area (Å²) < 4.78 is 5.68. The molecule has 1 atom stereocenters. The summed E-state index contributed by atoms with van der Waals surface area (Å²) in [5, 5.41) is 6.82. The number of hydrogen-bond donors (Lipinski definition) is 2. The van der Waals surface area contributed by atoms with Crippen molar-refractivity contribution in [1.82, 2.24) is 10.3 Å². The number of nitrogens with zero attached hydrogens (tertiary/aromatic N) is 1. The Bertz CT molecular complexity index is 589. The lowest BCUT2D eigenvalue weighted by Crippen LogP contribution is -2.39. The number of nitrogens with one attached hydrogen (secondary N) is 2. The zero-order valence-corrected chi connectivity index (χ0v) is 13.0. The molecule has 0 saturated carbocycles. The minimum Gasteiger partial charge on any atom is -0.491 e. The summed E-state index contributed by atoms with van der Waals surface area (Å²) in [5.74, 6) is 1.62. The standard InChI is InChI=1S/C16H19N3OS/c1-12-7-6-10-17-15(12)19-16(21)18-13(2)11-20-14-8-4-3-5-9-14/h3-10,13H,11H2,1-2H3,(H2,17,18,19,21). The first kappa shape index (κ1) is 15.3. The van der Waals surface area contributed by atoms with Crippen LogP contribution in [0.25, 0.3) is 0 Å². The van der Waals surface area contributed by atoms with Gasteiger partial charge in [0.1, 0.15) is 18.2 Å². The summed E-state index contributed by atoms with van der Waals surface area (Å²) >= 11 is 5.29. The number of thiocarbonyl (C=S) groups is 1. The second kappa shape index (κ2) is 7.59. The SMILES string of the molecule is Cc1cccnc1NC(=S)NC(C)COc1ccccc1. The maximum absolute atomic E-state index is 5.68. The quantitative estimate of drug-likeness (QED) is 0.831. The van der Waals surface area contributed by atoms with Crippen molar-refractivity contribution in [2.24, 2.45) is 0 Å². The Labute approximate surface area is 130 Å². The molecule has 0 spiro atoms. The number of ether oxygens (including phenoxy) is 1. The molecular formula is C16H19N3OS. The van der Waals surface area contributed by atoms with E-state index in [1.807, 2.05) is 56.3 Å². The molecule has 0 aliphatic carbocycles. The van der Waals surface area contributed by atoms with Gasteiger partial charge < -0.3 is 15.4 Å². The van der Waals surface area contributed by atoms with Crippen LogP contribution in [0.4, 0.5) is 5.82 Å². The number of anilines is 1. The Morgan fingerprint density at radius 1 is 1.24 bits per heavy atom. The molecule has 0 saturated heterocycles. The first-order valence-corrected chi connectivity index (χ1v) is 7.23. The molecule has 4 nitrogen and oxygen atoms in total. The Kier molecular flexibility index (Phi) is 5.51. The molecule has 0 amide bonds. The highest BCUT2D eigenvalue weighted by Crippen LogP contribution is 2.10. The first-order chi connectivity index (χ1) is 10.1. The van der Waals surface area contributed by atoms with Crippen molar-refractivity contribution in [2.45, 2.75) is 19.9 Å². The van der Waals surface area contributed by atoms with Crippen LogP contribution in [0.2, 0.25) is 0 Å². The van der Waals surface area contributed by atoms with Gasteiger partial charge >= 0.3 is 0 Å². The Morgan fingerprint density at radius 3 is 2.71 bits per heavy atom. The molecular weight excluding hydrogens is 282 g/mol. The van der Waals surface area contributed by atoms with E-state index in [-0.39, 0.29) is 6.04 Å². The van der Waals surface area contributed by atoms with Crippen LogP contribution in [0.15, 0.2) is 48.7 Å². The summed E-state index contributed by atoms with van der Waals surface area (Å²) in [6.45, 7) is 4.54. The number of aryl methyl sites for hydroxylation is 1. The topological polar surface area (TPSA) is 46.2 Å². The van der Waals surface area contributed by atoms with E-state index in [0.717, 1.165) is 17.1 Å². The van der Waals surface area contributed by atoms with Gasteiger partial charge in [-0.25, -0.2) is 4.98 Å². The molecule has 0 bridgehead atoms. The van der Waals surface area contributed by atoms with Crippen molar-refractivity contribution < 1.29 is 4.74 Å². The first-order valence-electron chi connectivity index (χ1n) is 6.82. The predicted molar refractivity (Wildman–Crippen MR) is 89.7 cm³/mol. The van der Waals surface area contributed by atoms with Gasteiger partial charge in [0.05, 0.1) is 6.04 Å². The summed E-state index contributed by atoms with van der Waals surface area (Å²) in [7, 11) is 0. The average molecular weight is 301 g/mol. The van der Waals surface area contributed by atoms with Crippen molar-refractivity contribution in [3.63, 3.8) is 0 Å². The summed E-state index contributed by atoms with van der Waals surface area (Å²) in [5.41, 5.74) is 1.05. The zero-order valence-electron chi connectivity index (χ0n) is 12.2. The van der Waals surface area contributed by atoms with Crippen LogP contribution in [0.1, 0.15) is 12.5 Å².